The molecule has 15 heteroatoms. The number of nitrogens with one attached hydrogen (secondary N) is 4. The van der Waals surface area contributed by atoms with Crippen molar-refractivity contribution in [2.24, 2.45) is 0 Å². The van der Waals surface area contributed by atoms with Gasteiger partial charge in [0.15, 0.2) is 0 Å². The highest BCUT2D eigenvalue weighted by atomic mass is 28.3. The zero-order valence-electron chi connectivity index (χ0n) is 42.7. The topological polar surface area (TPSA) is 180 Å². The maximum absolute atomic E-state index is 13.9. The number of hydrogen-bond acceptors (Lipinski definition) is 11. The number of carbonyl (C=O) groups excluding carboxylic acids is 5. The van der Waals surface area contributed by atoms with Gasteiger partial charge in [-0.05, 0) is 82.6 Å². The molecule has 0 aliphatic carbocycles. The van der Waals surface area contributed by atoms with Crippen LogP contribution in [-0.4, -0.2) is 76.4 Å². The molecule has 0 spiro atoms. The first-order valence-electron chi connectivity index (χ1n) is 25.0. The van der Waals surface area contributed by atoms with E-state index in [1.54, 1.807) is 7.05 Å². The van der Waals surface area contributed by atoms with Crippen molar-refractivity contribution < 1.29 is 47.7 Å². The number of ether oxygens (including phenoxy) is 5. The van der Waals surface area contributed by atoms with Crippen LogP contribution in [0, 0.1) is 0 Å². The summed E-state index contributed by atoms with van der Waals surface area (Å²) >= 11 is 0. The fourth-order valence-corrected chi connectivity index (χ4v) is 8.47. The molecular formula is C59H68N4O10Si. The van der Waals surface area contributed by atoms with Crippen LogP contribution in [0.1, 0.15) is 46.2 Å². The normalized spacial score (nSPS) is 12.3. The van der Waals surface area contributed by atoms with Crippen LogP contribution in [0.3, 0.4) is 0 Å². The van der Waals surface area contributed by atoms with Crippen molar-refractivity contribution in [3.8, 4) is 16.9 Å². The molecule has 0 heterocycles. The number of esters is 2. The second kappa shape index (κ2) is 29.1. The molecule has 0 saturated heterocycles. The highest BCUT2D eigenvalue weighted by molar-refractivity contribution is 6.76. The van der Waals surface area contributed by atoms with Crippen LogP contribution >= 0.6 is 0 Å². The molecule has 0 radical (unpaired) electrons. The fraction of sp³-hybridized carbons (Fsp3) is 0.305. The second-order valence-electron chi connectivity index (χ2n) is 19.1. The molecule has 3 amide bonds. The Bertz CT molecular complexity index is 2710. The minimum atomic E-state index is -1.56. The standard InChI is InChI=1S/C59H68N4O10Si/c1-60-51(29-18-32-61-58(67)72-41-45-23-13-7-14-24-45)55(64)62-52(57(66)71-40-44-21-11-6-12-22-44)36-47-27-17-28-48(35-47)49-30-31-54(70-39-43-19-9-5-10-20-43)50(37-49)38-53(56(65)69-33-34-74(2,3)4)63-59(68)73-42-46-25-15-8-16-26-46/h5-17,19-28,30-31,35,37,51-53,60H,18,29,32-34,36,38-42H2,1-4H3,(H,61,67)(H,62,64)(H,63,68)/t51-,52-,53-/m0/s1. The first-order chi connectivity index (χ1) is 35.8. The predicted octanol–water partition coefficient (Wildman–Crippen LogP) is 9.72. The number of carbonyl (C=O) groups is 5. The molecule has 0 aliphatic heterocycles. The van der Waals surface area contributed by atoms with Gasteiger partial charge in [-0.25, -0.2) is 19.2 Å². The van der Waals surface area contributed by atoms with Crippen LogP contribution in [0.4, 0.5) is 9.59 Å². The van der Waals surface area contributed by atoms with Gasteiger partial charge in [-0.3, -0.25) is 4.79 Å². The lowest BCUT2D eigenvalue weighted by molar-refractivity contribution is -0.149. The Morgan fingerprint density at radius 1 is 0.500 bits per heavy atom. The van der Waals surface area contributed by atoms with Crippen molar-refractivity contribution in [1.82, 2.24) is 21.3 Å². The highest BCUT2D eigenvalue weighted by Crippen LogP contribution is 2.30. The van der Waals surface area contributed by atoms with E-state index >= 15 is 0 Å². The van der Waals surface area contributed by atoms with Crippen LogP contribution < -0.4 is 26.0 Å². The molecule has 0 fully saturated rings. The summed E-state index contributed by atoms with van der Waals surface area (Å²) in [6.07, 6.45) is -0.391. The number of hydrogen-bond donors (Lipinski definition) is 4. The molecule has 6 aromatic carbocycles. The van der Waals surface area contributed by atoms with E-state index in [0.29, 0.717) is 24.2 Å². The Morgan fingerprint density at radius 2 is 1.01 bits per heavy atom. The summed E-state index contributed by atoms with van der Waals surface area (Å²) in [5, 5.41) is 11.5. The average Bonchev–Trinajstić information content (AvgIpc) is 3.41. The van der Waals surface area contributed by atoms with Gasteiger partial charge in [0.25, 0.3) is 0 Å². The van der Waals surface area contributed by atoms with Crippen LogP contribution in [0.15, 0.2) is 164 Å². The van der Waals surface area contributed by atoms with Gasteiger partial charge in [-0.2, -0.15) is 0 Å². The monoisotopic (exact) mass is 1020 g/mol. The van der Waals surface area contributed by atoms with Crippen molar-refractivity contribution in [3.63, 3.8) is 0 Å². The average molecular weight is 1020 g/mol. The number of amides is 3. The van der Waals surface area contributed by atoms with Crippen LogP contribution in [0.2, 0.25) is 25.7 Å². The summed E-state index contributed by atoms with van der Waals surface area (Å²) in [5.41, 5.74) is 6.33. The van der Waals surface area contributed by atoms with E-state index in [0.717, 1.165) is 45.0 Å². The Hall–Kier alpha value is -7.75. The molecule has 74 heavy (non-hydrogen) atoms. The summed E-state index contributed by atoms with van der Waals surface area (Å²) in [6.45, 7) is 7.50. The number of benzene rings is 6. The van der Waals surface area contributed by atoms with E-state index in [-0.39, 0.29) is 52.4 Å². The Labute approximate surface area is 435 Å². The van der Waals surface area contributed by atoms with Gasteiger partial charge in [0.05, 0.1) is 12.6 Å². The van der Waals surface area contributed by atoms with Crippen molar-refractivity contribution in [2.45, 2.75) is 95.9 Å². The zero-order chi connectivity index (χ0) is 52.5. The quantitative estimate of drug-likeness (QED) is 0.0167. The van der Waals surface area contributed by atoms with E-state index in [2.05, 4.69) is 40.9 Å². The fourth-order valence-electron chi connectivity index (χ4n) is 7.76. The summed E-state index contributed by atoms with van der Waals surface area (Å²) in [6, 6.07) is 48.8. The molecule has 0 aromatic heterocycles. The third-order valence-corrected chi connectivity index (χ3v) is 13.7. The van der Waals surface area contributed by atoms with E-state index in [4.69, 9.17) is 23.7 Å². The molecule has 3 atom stereocenters. The molecule has 0 bridgehead atoms. The molecular weight excluding hydrogens is 953 g/mol. The van der Waals surface area contributed by atoms with Gasteiger partial charge in [0.1, 0.15) is 44.3 Å². The van der Waals surface area contributed by atoms with Crippen molar-refractivity contribution in [2.75, 3.05) is 20.2 Å². The molecule has 6 rings (SSSR count). The predicted molar refractivity (Wildman–Crippen MR) is 288 cm³/mol. The molecule has 0 unspecified atom stereocenters. The van der Waals surface area contributed by atoms with Crippen LogP contribution in [-0.2, 0) is 72.6 Å². The largest absolute Gasteiger partial charge is 0.489 e. The molecule has 6 aromatic rings. The number of alkyl carbamates (subject to hydrolysis) is 2. The summed E-state index contributed by atoms with van der Waals surface area (Å²) in [5.74, 6) is -1.09. The minimum Gasteiger partial charge on any atom is -0.489 e. The van der Waals surface area contributed by atoms with Gasteiger partial charge < -0.3 is 45.0 Å². The molecule has 388 valence electrons. The summed E-state index contributed by atoms with van der Waals surface area (Å²) in [4.78, 5) is 67.4. The highest BCUT2D eigenvalue weighted by Gasteiger charge is 2.29. The van der Waals surface area contributed by atoms with E-state index in [1.165, 1.54) is 0 Å². The van der Waals surface area contributed by atoms with Crippen molar-refractivity contribution in [1.29, 1.82) is 0 Å². The van der Waals surface area contributed by atoms with Crippen molar-refractivity contribution >= 4 is 38.1 Å². The first kappa shape index (κ1) is 55.6. The van der Waals surface area contributed by atoms with Gasteiger partial charge >= 0.3 is 24.1 Å². The Kier molecular flexibility index (Phi) is 21.8. The molecule has 14 nitrogen and oxygen atoms in total. The lowest BCUT2D eigenvalue weighted by Crippen LogP contribution is -2.50. The van der Waals surface area contributed by atoms with Gasteiger partial charge in [-0.15, -0.1) is 0 Å². The number of likely N-dealkylation sites (N-methyl/N-ethyl adjacent to an activating group) is 1. The molecule has 0 saturated carbocycles. The van der Waals surface area contributed by atoms with Gasteiger partial charge in [0, 0.05) is 27.5 Å². The third-order valence-electron chi connectivity index (χ3n) is 11.9. The lowest BCUT2D eigenvalue weighted by Gasteiger charge is -2.22. The van der Waals surface area contributed by atoms with Crippen LogP contribution in [0.5, 0.6) is 5.75 Å². The summed E-state index contributed by atoms with van der Waals surface area (Å²) in [7, 11) is 0.104. The lowest BCUT2D eigenvalue weighted by atomic mass is 9.95. The van der Waals surface area contributed by atoms with Gasteiger partial charge in [-0.1, -0.05) is 171 Å². The Morgan fingerprint density at radius 3 is 1.59 bits per heavy atom. The van der Waals surface area contributed by atoms with Crippen LogP contribution in [0.25, 0.3) is 11.1 Å². The van der Waals surface area contributed by atoms with Crippen molar-refractivity contribution in [3.05, 3.63) is 197 Å². The summed E-state index contributed by atoms with van der Waals surface area (Å²) < 4.78 is 28.9. The molecule has 4 N–H and O–H groups in total. The SMILES string of the molecule is CN[C@@H](CCCNC(=O)OCc1ccccc1)C(=O)N[C@@H](Cc1cccc(-c2ccc(OCc3ccccc3)c(C[C@H](NC(=O)OCc3ccccc3)C(=O)OCC[Si](C)(C)C)c2)c1)C(=O)OCc1ccccc1. The number of rotatable bonds is 27. The zero-order valence-corrected chi connectivity index (χ0v) is 43.7. The third kappa shape index (κ3) is 19.3. The first-order valence-corrected chi connectivity index (χ1v) is 28.7. The maximum Gasteiger partial charge on any atom is 0.408 e. The second-order valence-corrected chi connectivity index (χ2v) is 24.7. The maximum atomic E-state index is 13.9. The van der Waals surface area contributed by atoms with E-state index < -0.39 is 56.2 Å². The Balaban J connectivity index is 1.20. The van der Waals surface area contributed by atoms with E-state index in [9.17, 15) is 24.0 Å². The van der Waals surface area contributed by atoms with E-state index in [1.807, 2.05) is 164 Å². The smallest absolute Gasteiger partial charge is 0.408 e. The minimum absolute atomic E-state index is 0.0139. The molecule has 0 aliphatic rings. The van der Waals surface area contributed by atoms with Gasteiger partial charge in [0.2, 0.25) is 5.91 Å².